The van der Waals surface area contributed by atoms with E-state index >= 15 is 0 Å². The first kappa shape index (κ1) is 20.5. The normalized spacial score (nSPS) is 14.4. The molecule has 1 aromatic heterocycles. The zero-order valence-corrected chi connectivity index (χ0v) is 17.6. The van der Waals surface area contributed by atoms with E-state index in [1.807, 2.05) is 37.2 Å². The second-order valence-corrected chi connectivity index (χ2v) is 9.96. The number of nitrogens with one attached hydrogen (secondary N) is 1. The average molecular weight is 470 g/mol. The highest BCUT2D eigenvalue weighted by molar-refractivity contribution is 9.11. The van der Waals surface area contributed by atoms with E-state index in [9.17, 15) is 8.42 Å². The molecule has 0 saturated carbocycles. The molecule has 0 spiro atoms. The van der Waals surface area contributed by atoms with E-state index in [4.69, 9.17) is 9.47 Å². The van der Waals surface area contributed by atoms with E-state index in [1.54, 1.807) is 12.1 Å². The largest absolute Gasteiger partial charge is 0.454 e. The second kappa shape index (κ2) is 8.24. The number of sulfonamides is 1. The van der Waals surface area contributed by atoms with Gasteiger partial charge >= 0.3 is 0 Å². The van der Waals surface area contributed by atoms with Crippen molar-refractivity contribution in [3.8, 4) is 11.5 Å². The summed E-state index contributed by atoms with van der Waals surface area (Å²) < 4.78 is 39.3. The zero-order chi connectivity index (χ0) is 17.3. The van der Waals surface area contributed by atoms with Gasteiger partial charge in [0.15, 0.2) is 11.5 Å². The lowest BCUT2D eigenvalue weighted by molar-refractivity contribution is 0.174. The summed E-state index contributed by atoms with van der Waals surface area (Å²) in [6.45, 7) is 0.468. The SMILES string of the molecule is CN(C)C(CNS(=O)(=O)c1ccc(Br)s1)c1ccc2c(c1)OCO2.Cl. The molecule has 2 aromatic rings. The Morgan fingerprint density at radius 1 is 1.24 bits per heavy atom. The number of nitrogens with zero attached hydrogens (tertiary/aromatic N) is 1. The number of ether oxygens (including phenoxy) is 2. The van der Waals surface area contributed by atoms with E-state index in [0.717, 1.165) is 9.35 Å². The third-order valence-electron chi connectivity index (χ3n) is 3.68. The lowest BCUT2D eigenvalue weighted by atomic mass is 10.1. The fraction of sp³-hybridized carbons (Fsp3) is 0.333. The molecule has 2 heterocycles. The first-order valence-corrected chi connectivity index (χ1v) is 10.3. The number of halogens is 2. The minimum atomic E-state index is -3.53. The third-order valence-corrected chi connectivity index (χ3v) is 7.22. The number of rotatable bonds is 6. The summed E-state index contributed by atoms with van der Waals surface area (Å²) in [6.07, 6.45) is 0. The highest BCUT2D eigenvalue weighted by Gasteiger charge is 2.23. The maximum absolute atomic E-state index is 12.4. The first-order valence-electron chi connectivity index (χ1n) is 7.18. The summed E-state index contributed by atoms with van der Waals surface area (Å²) in [7, 11) is 0.284. The molecule has 0 saturated heterocycles. The van der Waals surface area contributed by atoms with Gasteiger partial charge in [0.1, 0.15) is 4.21 Å². The van der Waals surface area contributed by atoms with E-state index in [0.29, 0.717) is 11.5 Å². The molecule has 0 aliphatic carbocycles. The highest BCUT2D eigenvalue weighted by Crippen LogP contribution is 2.35. The molecule has 1 atom stereocenters. The van der Waals surface area contributed by atoms with Crippen molar-refractivity contribution in [1.82, 2.24) is 9.62 Å². The molecule has 1 aliphatic rings. The average Bonchev–Trinajstić information content (AvgIpc) is 3.15. The number of fused-ring (bicyclic) bond motifs is 1. The van der Waals surface area contributed by atoms with Crippen LogP contribution in [0.5, 0.6) is 11.5 Å². The van der Waals surface area contributed by atoms with E-state index in [-0.39, 0.29) is 36.0 Å². The van der Waals surface area contributed by atoms with Crippen LogP contribution < -0.4 is 14.2 Å². The molecule has 0 radical (unpaired) electrons. The molecule has 25 heavy (non-hydrogen) atoms. The van der Waals surface area contributed by atoms with Crippen LogP contribution in [0.2, 0.25) is 0 Å². The van der Waals surface area contributed by atoms with Gasteiger partial charge in [-0.15, -0.1) is 23.7 Å². The minimum absolute atomic E-state index is 0. The minimum Gasteiger partial charge on any atom is -0.454 e. The maximum Gasteiger partial charge on any atom is 0.250 e. The highest BCUT2D eigenvalue weighted by atomic mass is 79.9. The van der Waals surface area contributed by atoms with Crippen molar-refractivity contribution >= 4 is 49.7 Å². The molecule has 1 N–H and O–H groups in total. The fourth-order valence-corrected chi connectivity index (χ4v) is 5.51. The van der Waals surface area contributed by atoms with Crippen LogP contribution in [-0.2, 0) is 10.0 Å². The van der Waals surface area contributed by atoms with Crippen molar-refractivity contribution in [2.24, 2.45) is 0 Å². The zero-order valence-electron chi connectivity index (χ0n) is 13.6. The molecule has 10 heteroatoms. The van der Waals surface area contributed by atoms with Gasteiger partial charge in [-0.1, -0.05) is 6.07 Å². The Bertz CT molecular complexity index is 842. The van der Waals surface area contributed by atoms with E-state index in [1.165, 1.54) is 11.3 Å². The van der Waals surface area contributed by atoms with Gasteiger partial charge in [0, 0.05) is 12.6 Å². The predicted molar refractivity (Wildman–Crippen MR) is 103 cm³/mol. The quantitative estimate of drug-likeness (QED) is 0.703. The molecule has 0 bridgehead atoms. The van der Waals surface area contributed by atoms with Crippen LogP contribution in [0.1, 0.15) is 11.6 Å². The number of benzene rings is 1. The van der Waals surface area contributed by atoms with Crippen molar-refractivity contribution in [3.63, 3.8) is 0 Å². The smallest absolute Gasteiger partial charge is 0.250 e. The van der Waals surface area contributed by atoms with Crippen LogP contribution in [-0.4, -0.2) is 40.8 Å². The fourth-order valence-electron chi connectivity index (χ4n) is 2.42. The maximum atomic E-state index is 12.4. The number of likely N-dealkylation sites (N-methyl/N-ethyl adjacent to an activating group) is 1. The van der Waals surface area contributed by atoms with Gasteiger partial charge in [-0.25, -0.2) is 13.1 Å². The van der Waals surface area contributed by atoms with Crippen LogP contribution in [0.3, 0.4) is 0 Å². The molecular weight excluding hydrogens is 452 g/mol. The summed E-state index contributed by atoms with van der Waals surface area (Å²) in [5.41, 5.74) is 0.958. The lowest BCUT2D eigenvalue weighted by Crippen LogP contribution is -2.34. The van der Waals surface area contributed by atoms with Gasteiger partial charge in [0.25, 0.3) is 0 Å². The van der Waals surface area contributed by atoms with Gasteiger partial charge in [-0.3, -0.25) is 0 Å². The van der Waals surface area contributed by atoms with Gasteiger partial charge in [0.05, 0.1) is 3.79 Å². The van der Waals surface area contributed by atoms with Crippen LogP contribution >= 0.6 is 39.7 Å². The summed E-state index contributed by atoms with van der Waals surface area (Å²) in [6, 6.07) is 8.84. The van der Waals surface area contributed by atoms with Gasteiger partial charge < -0.3 is 14.4 Å². The molecule has 3 rings (SSSR count). The van der Waals surface area contributed by atoms with Crippen LogP contribution in [0.4, 0.5) is 0 Å². The Hall–Kier alpha value is -0.840. The third kappa shape index (κ3) is 4.66. The van der Waals surface area contributed by atoms with Gasteiger partial charge in [0.2, 0.25) is 16.8 Å². The molecular formula is C15H18BrClN2O4S2. The van der Waals surface area contributed by atoms with Crippen molar-refractivity contribution in [1.29, 1.82) is 0 Å². The Kier molecular flexibility index (Phi) is 6.74. The standard InChI is InChI=1S/C15H17BrN2O4S2.ClH/c1-18(2)11(10-3-4-12-13(7-10)22-9-21-12)8-17-24(19,20)15-6-5-14(16)23-15;/h3-7,11,17H,8-9H2,1-2H3;1H. The monoisotopic (exact) mass is 468 g/mol. The topological polar surface area (TPSA) is 67.9 Å². The Labute approximate surface area is 165 Å². The van der Waals surface area contributed by atoms with Gasteiger partial charge in [-0.2, -0.15) is 0 Å². The molecule has 0 fully saturated rings. The van der Waals surface area contributed by atoms with Gasteiger partial charge in [-0.05, 0) is 59.9 Å². The Balaban J connectivity index is 0.00000225. The van der Waals surface area contributed by atoms with Crippen LogP contribution in [0.25, 0.3) is 0 Å². The Morgan fingerprint density at radius 3 is 2.60 bits per heavy atom. The number of hydrogen-bond donors (Lipinski definition) is 1. The van der Waals surface area contributed by atoms with Crippen molar-refractivity contribution < 1.29 is 17.9 Å². The predicted octanol–water partition coefficient (Wildman–Crippen LogP) is 3.24. The Morgan fingerprint density at radius 2 is 1.96 bits per heavy atom. The molecule has 138 valence electrons. The van der Waals surface area contributed by atoms with Crippen molar-refractivity contribution in [3.05, 3.63) is 39.7 Å². The van der Waals surface area contributed by atoms with Crippen molar-refractivity contribution in [2.75, 3.05) is 27.4 Å². The second-order valence-electron chi connectivity index (χ2n) is 5.50. The first-order chi connectivity index (χ1) is 11.4. The van der Waals surface area contributed by atoms with Crippen molar-refractivity contribution in [2.45, 2.75) is 10.3 Å². The van der Waals surface area contributed by atoms with Crippen LogP contribution in [0.15, 0.2) is 38.3 Å². The molecule has 1 aliphatic heterocycles. The molecule has 6 nitrogen and oxygen atoms in total. The summed E-state index contributed by atoms with van der Waals surface area (Å²) >= 11 is 4.47. The van der Waals surface area contributed by atoms with Crippen LogP contribution in [0, 0.1) is 0 Å². The molecule has 1 unspecified atom stereocenters. The number of thiophene rings is 1. The van der Waals surface area contributed by atoms with E-state index in [2.05, 4.69) is 20.7 Å². The van der Waals surface area contributed by atoms with E-state index < -0.39 is 10.0 Å². The summed E-state index contributed by atoms with van der Waals surface area (Å²) in [5, 5.41) is 0. The summed E-state index contributed by atoms with van der Waals surface area (Å²) in [5.74, 6) is 1.39. The lowest BCUT2D eigenvalue weighted by Gasteiger charge is -2.25. The number of hydrogen-bond acceptors (Lipinski definition) is 6. The molecule has 0 amide bonds. The molecule has 1 aromatic carbocycles. The summed E-state index contributed by atoms with van der Waals surface area (Å²) in [4.78, 5) is 1.96.